The number of hydrogen-bond donors (Lipinski definition) is 2. The Bertz CT molecular complexity index is 1150. The number of aromatic nitrogens is 2. The first kappa shape index (κ1) is 24.6. The van der Waals surface area contributed by atoms with Crippen molar-refractivity contribution in [2.24, 2.45) is 5.73 Å². The lowest BCUT2D eigenvalue weighted by atomic mass is 10.0. The van der Waals surface area contributed by atoms with Crippen molar-refractivity contribution in [3.63, 3.8) is 0 Å². The minimum atomic E-state index is -0.611. The maximum atomic E-state index is 14.3. The molecule has 0 fully saturated rings. The highest BCUT2D eigenvalue weighted by Gasteiger charge is 2.21. The van der Waals surface area contributed by atoms with Crippen molar-refractivity contribution in [2.45, 2.75) is 52.1 Å². The summed E-state index contributed by atoms with van der Waals surface area (Å²) in [5, 5.41) is 3.21. The number of ketones is 1. The van der Waals surface area contributed by atoms with Gasteiger partial charge in [-0.25, -0.2) is 9.37 Å². The molecule has 33 heavy (non-hydrogen) atoms. The van der Waals surface area contributed by atoms with E-state index in [0.717, 1.165) is 19.3 Å². The van der Waals surface area contributed by atoms with Crippen molar-refractivity contribution >= 4 is 23.3 Å². The fourth-order valence-electron chi connectivity index (χ4n) is 3.67. The van der Waals surface area contributed by atoms with Gasteiger partial charge in [0.05, 0.1) is 35.7 Å². The molecule has 3 aromatic rings. The predicted octanol–water partition coefficient (Wildman–Crippen LogP) is 4.73. The van der Waals surface area contributed by atoms with E-state index in [4.69, 9.17) is 17.3 Å². The van der Waals surface area contributed by atoms with E-state index in [1.54, 1.807) is 35.9 Å². The number of imidazole rings is 1. The van der Waals surface area contributed by atoms with Crippen LogP contribution in [0.15, 0.2) is 48.7 Å². The Labute approximate surface area is 198 Å². The number of hydrogen-bond acceptors (Lipinski definition) is 4. The van der Waals surface area contributed by atoms with Gasteiger partial charge in [0.25, 0.3) is 0 Å². The SMILES string of the molecule is CCCCC[C@H](N)C(=O)NCc1cnc(C)n1-c1ccc(Cl)cc1C(=O)c1ccccc1F. The number of halogens is 2. The smallest absolute Gasteiger partial charge is 0.237 e. The highest BCUT2D eigenvalue weighted by atomic mass is 35.5. The molecule has 8 heteroatoms. The summed E-state index contributed by atoms with van der Waals surface area (Å²) in [6.45, 7) is 4.06. The molecule has 1 heterocycles. The molecule has 2 aromatic carbocycles. The molecule has 1 amide bonds. The number of rotatable bonds is 10. The summed E-state index contributed by atoms with van der Waals surface area (Å²) < 4.78 is 16.1. The van der Waals surface area contributed by atoms with Gasteiger partial charge in [-0.15, -0.1) is 0 Å². The van der Waals surface area contributed by atoms with Crippen LogP contribution in [-0.4, -0.2) is 27.3 Å². The summed E-state index contributed by atoms with van der Waals surface area (Å²) in [4.78, 5) is 30.0. The van der Waals surface area contributed by atoms with Crippen molar-refractivity contribution in [1.82, 2.24) is 14.9 Å². The second kappa shape index (κ2) is 11.2. The fraction of sp³-hybridized carbons (Fsp3) is 0.320. The molecule has 0 aliphatic carbocycles. The summed E-state index contributed by atoms with van der Waals surface area (Å²) in [7, 11) is 0. The average Bonchev–Trinajstić information content (AvgIpc) is 3.17. The minimum Gasteiger partial charge on any atom is -0.349 e. The molecular weight excluding hydrogens is 443 g/mol. The standard InChI is InChI=1S/C25H28ClFN4O2/c1-3-4-5-10-22(28)25(33)30-15-18-14-29-16(2)31(18)23-12-11-17(26)13-20(23)24(32)19-8-6-7-9-21(19)27/h6-9,11-14,22H,3-5,10,15,28H2,1-2H3,(H,30,33)/t22-/m0/s1. The fourth-order valence-corrected chi connectivity index (χ4v) is 3.85. The highest BCUT2D eigenvalue weighted by Crippen LogP contribution is 2.26. The van der Waals surface area contributed by atoms with Gasteiger partial charge in [0.15, 0.2) is 5.78 Å². The number of benzene rings is 2. The lowest BCUT2D eigenvalue weighted by Gasteiger charge is -2.17. The van der Waals surface area contributed by atoms with Crippen LogP contribution in [-0.2, 0) is 11.3 Å². The molecule has 3 rings (SSSR count). The van der Waals surface area contributed by atoms with Crippen LogP contribution in [0.4, 0.5) is 4.39 Å². The first-order valence-corrected chi connectivity index (χ1v) is 11.4. The topological polar surface area (TPSA) is 90.0 Å². The number of aryl methyl sites for hydroxylation is 1. The second-order valence-corrected chi connectivity index (χ2v) is 8.36. The van der Waals surface area contributed by atoms with E-state index < -0.39 is 17.6 Å². The molecule has 0 saturated carbocycles. The molecule has 0 unspecified atom stereocenters. The Balaban J connectivity index is 1.89. The molecule has 0 saturated heterocycles. The lowest BCUT2D eigenvalue weighted by molar-refractivity contribution is -0.122. The monoisotopic (exact) mass is 470 g/mol. The second-order valence-electron chi connectivity index (χ2n) is 7.92. The van der Waals surface area contributed by atoms with E-state index in [1.165, 1.54) is 24.3 Å². The van der Waals surface area contributed by atoms with Crippen molar-refractivity contribution < 1.29 is 14.0 Å². The normalized spacial score (nSPS) is 11.9. The number of carbonyl (C=O) groups excluding carboxylic acids is 2. The van der Waals surface area contributed by atoms with Gasteiger partial charge in [-0.3, -0.25) is 14.2 Å². The van der Waals surface area contributed by atoms with Crippen LogP contribution in [0.2, 0.25) is 5.02 Å². The van der Waals surface area contributed by atoms with Crippen LogP contribution in [0.25, 0.3) is 5.69 Å². The Morgan fingerprint density at radius 2 is 1.94 bits per heavy atom. The Morgan fingerprint density at radius 1 is 1.18 bits per heavy atom. The molecule has 0 radical (unpaired) electrons. The lowest BCUT2D eigenvalue weighted by Crippen LogP contribution is -2.40. The Kier molecular flexibility index (Phi) is 8.36. The minimum absolute atomic E-state index is 0.0494. The van der Waals surface area contributed by atoms with Gasteiger partial charge in [0.1, 0.15) is 11.6 Å². The number of nitrogens with one attached hydrogen (secondary N) is 1. The van der Waals surface area contributed by atoms with Crippen LogP contribution in [0.1, 0.15) is 60.0 Å². The first-order chi connectivity index (χ1) is 15.8. The van der Waals surface area contributed by atoms with E-state index in [0.29, 0.717) is 28.6 Å². The number of carbonyl (C=O) groups is 2. The molecule has 1 atom stereocenters. The first-order valence-electron chi connectivity index (χ1n) is 11.0. The molecular formula is C25H28ClFN4O2. The van der Waals surface area contributed by atoms with Crippen LogP contribution < -0.4 is 11.1 Å². The summed E-state index contributed by atoms with van der Waals surface area (Å²) in [5.41, 5.74) is 7.35. The van der Waals surface area contributed by atoms with Crippen LogP contribution in [0, 0.1) is 12.7 Å². The van der Waals surface area contributed by atoms with Gasteiger partial charge in [-0.1, -0.05) is 49.9 Å². The Hall–Kier alpha value is -3.03. The maximum Gasteiger partial charge on any atom is 0.237 e. The van der Waals surface area contributed by atoms with Gasteiger partial charge >= 0.3 is 0 Å². The number of unbranched alkanes of at least 4 members (excludes halogenated alkanes) is 2. The van der Waals surface area contributed by atoms with Crippen molar-refractivity contribution in [2.75, 3.05) is 0 Å². The zero-order valence-corrected chi connectivity index (χ0v) is 19.5. The number of amides is 1. The zero-order chi connectivity index (χ0) is 24.0. The highest BCUT2D eigenvalue weighted by molar-refractivity contribution is 6.31. The van der Waals surface area contributed by atoms with Crippen molar-refractivity contribution in [3.05, 3.63) is 82.1 Å². The van der Waals surface area contributed by atoms with Gasteiger partial charge in [0.2, 0.25) is 5.91 Å². The van der Waals surface area contributed by atoms with Crippen LogP contribution in [0.3, 0.4) is 0 Å². The molecule has 0 aliphatic rings. The van der Waals surface area contributed by atoms with Gasteiger partial charge < -0.3 is 11.1 Å². The van der Waals surface area contributed by atoms with E-state index in [9.17, 15) is 14.0 Å². The van der Waals surface area contributed by atoms with E-state index >= 15 is 0 Å². The number of nitrogens with two attached hydrogens (primary N) is 1. The third kappa shape index (κ3) is 5.86. The third-order valence-corrected chi connectivity index (χ3v) is 5.71. The molecule has 0 spiro atoms. The van der Waals surface area contributed by atoms with E-state index in [-0.39, 0.29) is 23.6 Å². The van der Waals surface area contributed by atoms with Gasteiger partial charge in [-0.2, -0.15) is 0 Å². The van der Waals surface area contributed by atoms with E-state index in [1.807, 2.05) is 0 Å². The summed E-state index contributed by atoms with van der Waals surface area (Å²) in [6, 6.07) is 10.1. The molecule has 0 bridgehead atoms. The van der Waals surface area contributed by atoms with Crippen molar-refractivity contribution in [1.29, 1.82) is 0 Å². The zero-order valence-electron chi connectivity index (χ0n) is 18.8. The van der Waals surface area contributed by atoms with Gasteiger partial charge in [0, 0.05) is 10.6 Å². The summed E-state index contributed by atoms with van der Waals surface area (Å²) in [6.07, 6.45) is 5.24. The summed E-state index contributed by atoms with van der Waals surface area (Å²) >= 11 is 6.18. The van der Waals surface area contributed by atoms with E-state index in [2.05, 4.69) is 17.2 Å². The maximum absolute atomic E-state index is 14.3. The third-order valence-electron chi connectivity index (χ3n) is 5.47. The molecule has 6 nitrogen and oxygen atoms in total. The van der Waals surface area contributed by atoms with Crippen LogP contribution >= 0.6 is 11.6 Å². The summed E-state index contributed by atoms with van der Waals surface area (Å²) in [5.74, 6) is -0.737. The van der Waals surface area contributed by atoms with Crippen molar-refractivity contribution in [3.8, 4) is 5.69 Å². The molecule has 0 aliphatic heterocycles. The molecule has 1 aromatic heterocycles. The Morgan fingerprint density at radius 3 is 2.67 bits per heavy atom. The van der Waals surface area contributed by atoms with Crippen LogP contribution in [0.5, 0.6) is 0 Å². The number of nitrogens with zero attached hydrogens (tertiary/aromatic N) is 2. The quantitative estimate of drug-likeness (QED) is 0.331. The van der Waals surface area contributed by atoms with Gasteiger partial charge in [-0.05, 0) is 43.7 Å². The largest absolute Gasteiger partial charge is 0.349 e. The molecule has 174 valence electrons. The average molecular weight is 471 g/mol. The molecule has 3 N–H and O–H groups in total. The predicted molar refractivity (Wildman–Crippen MR) is 127 cm³/mol.